The van der Waals surface area contributed by atoms with Crippen molar-refractivity contribution in [2.75, 3.05) is 5.32 Å². The normalized spacial score (nSPS) is 12.0. The van der Waals surface area contributed by atoms with E-state index in [-0.39, 0.29) is 44.4 Å². The van der Waals surface area contributed by atoms with Gasteiger partial charge in [0.15, 0.2) is 0 Å². The predicted molar refractivity (Wildman–Crippen MR) is 86.3 cm³/mol. The zero-order valence-corrected chi connectivity index (χ0v) is 16.5. The van der Waals surface area contributed by atoms with E-state index in [4.69, 9.17) is 0 Å². The second-order valence-electron chi connectivity index (χ2n) is 5.16. The SMILES string of the molecule is [CH2-]CCCC=NC(CC)C(=O)Nc1c(C)cc(F)cc1C.[Y]. The van der Waals surface area contributed by atoms with Crippen LogP contribution in [0.3, 0.4) is 0 Å². The molecular formula is C17H24FN2OY-. The van der Waals surface area contributed by atoms with Gasteiger partial charge >= 0.3 is 0 Å². The fourth-order valence-electron chi connectivity index (χ4n) is 2.11. The molecule has 1 rings (SSSR count). The molecule has 1 aromatic rings. The molecule has 22 heavy (non-hydrogen) atoms. The molecule has 1 N–H and O–H groups in total. The van der Waals surface area contributed by atoms with Crippen LogP contribution < -0.4 is 5.32 Å². The molecule has 1 radical (unpaired) electrons. The van der Waals surface area contributed by atoms with Gasteiger partial charge in [0.1, 0.15) is 11.9 Å². The molecule has 0 aliphatic heterocycles. The number of benzene rings is 1. The van der Waals surface area contributed by atoms with Gasteiger partial charge in [0, 0.05) is 38.4 Å². The first kappa shape index (κ1) is 21.4. The van der Waals surface area contributed by atoms with Crippen molar-refractivity contribution in [3.8, 4) is 0 Å². The van der Waals surface area contributed by atoms with Crippen LogP contribution in [-0.2, 0) is 37.5 Å². The average molecular weight is 380 g/mol. The summed E-state index contributed by atoms with van der Waals surface area (Å²) in [5.74, 6) is -0.442. The van der Waals surface area contributed by atoms with Crippen LogP contribution in [0.1, 0.15) is 43.7 Å². The third-order valence-electron chi connectivity index (χ3n) is 3.30. The number of unbranched alkanes of at least 4 members (excludes halogenated alkanes) is 2. The molecule has 0 spiro atoms. The molecule has 3 nitrogen and oxygen atoms in total. The van der Waals surface area contributed by atoms with Gasteiger partial charge in [0.2, 0.25) is 5.91 Å². The van der Waals surface area contributed by atoms with Crippen molar-refractivity contribution >= 4 is 17.8 Å². The van der Waals surface area contributed by atoms with E-state index < -0.39 is 6.04 Å². The molecule has 1 amide bonds. The molecule has 0 fully saturated rings. The van der Waals surface area contributed by atoms with E-state index in [2.05, 4.69) is 17.2 Å². The Bertz CT molecular complexity index is 494. The minimum atomic E-state index is -0.404. The van der Waals surface area contributed by atoms with Gasteiger partial charge in [0.05, 0.1) is 0 Å². The van der Waals surface area contributed by atoms with Crippen molar-refractivity contribution in [2.45, 2.75) is 52.5 Å². The maximum Gasteiger partial charge on any atom is 0.249 e. The van der Waals surface area contributed by atoms with Gasteiger partial charge in [-0.1, -0.05) is 13.3 Å². The first-order valence-electron chi connectivity index (χ1n) is 7.38. The van der Waals surface area contributed by atoms with E-state index in [1.165, 1.54) is 12.1 Å². The summed E-state index contributed by atoms with van der Waals surface area (Å²) in [6, 6.07) is 2.43. The van der Waals surface area contributed by atoms with Gasteiger partial charge in [-0.3, -0.25) is 9.79 Å². The number of aliphatic imine (C=N–C) groups is 1. The number of nitrogens with zero attached hydrogens (tertiary/aromatic N) is 1. The van der Waals surface area contributed by atoms with Crippen LogP contribution in [0.25, 0.3) is 0 Å². The number of anilines is 1. The van der Waals surface area contributed by atoms with Crippen molar-refractivity contribution in [3.05, 3.63) is 36.0 Å². The maximum atomic E-state index is 13.3. The Morgan fingerprint density at radius 1 is 1.41 bits per heavy atom. The minimum Gasteiger partial charge on any atom is -0.343 e. The van der Waals surface area contributed by atoms with Crippen LogP contribution in [0.5, 0.6) is 0 Å². The summed E-state index contributed by atoms with van der Waals surface area (Å²) < 4.78 is 13.3. The monoisotopic (exact) mass is 380 g/mol. The molecule has 5 heteroatoms. The van der Waals surface area contributed by atoms with E-state index in [1.807, 2.05) is 6.92 Å². The van der Waals surface area contributed by atoms with Gasteiger partial charge in [-0.15, -0.1) is 0 Å². The number of aryl methyl sites for hydroxylation is 2. The number of rotatable bonds is 7. The average Bonchev–Trinajstić information content (AvgIpc) is 2.42. The van der Waals surface area contributed by atoms with Crippen LogP contribution >= 0.6 is 0 Å². The summed E-state index contributed by atoms with van der Waals surface area (Å²) in [6.45, 7) is 9.26. The third-order valence-corrected chi connectivity index (χ3v) is 3.30. The Balaban J connectivity index is 0.00000441. The molecule has 119 valence electrons. The predicted octanol–water partition coefficient (Wildman–Crippen LogP) is 4.23. The standard InChI is InChI=1S/C17H24FN2O.Y/c1-5-7-8-9-19-15(6-2)17(21)20-16-12(3)10-14(18)11-13(16)4;/h9-11,15H,1,5-8H2,2-4H3,(H,20,21);/q-1;. The molecule has 0 saturated carbocycles. The smallest absolute Gasteiger partial charge is 0.249 e. The number of amides is 1. The van der Waals surface area contributed by atoms with Crippen LogP contribution in [0, 0.1) is 26.6 Å². The number of nitrogens with one attached hydrogen (secondary N) is 1. The molecule has 0 aliphatic carbocycles. The largest absolute Gasteiger partial charge is 0.343 e. The fraction of sp³-hybridized carbons (Fsp3) is 0.471. The molecule has 1 atom stereocenters. The van der Waals surface area contributed by atoms with Crippen LogP contribution in [-0.4, -0.2) is 18.2 Å². The topological polar surface area (TPSA) is 41.5 Å². The number of carbonyl (C=O) groups excluding carboxylic acids is 1. The van der Waals surface area contributed by atoms with E-state index in [1.54, 1.807) is 20.1 Å². The molecular weight excluding hydrogens is 356 g/mol. The Hall–Kier alpha value is -0.606. The molecule has 0 aromatic heterocycles. The quantitative estimate of drug-likeness (QED) is 0.429. The molecule has 0 heterocycles. The van der Waals surface area contributed by atoms with Crippen LogP contribution in [0.15, 0.2) is 17.1 Å². The van der Waals surface area contributed by atoms with Gasteiger partial charge in [-0.2, -0.15) is 6.42 Å². The van der Waals surface area contributed by atoms with Crippen molar-refractivity contribution in [2.24, 2.45) is 4.99 Å². The zero-order valence-electron chi connectivity index (χ0n) is 13.7. The summed E-state index contributed by atoms with van der Waals surface area (Å²) >= 11 is 0. The van der Waals surface area contributed by atoms with Crippen LogP contribution in [0.2, 0.25) is 0 Å². The van der Waals surface area contributed by atoms with Gasteiger partial charge < -0.3 is 12.2 Å². The second-order valence-corrected chi connectivity index (χ2v) is 5.16. The van der Waals surface area contributed by atoms with Gasteiger partial charge in [-0.25, -0.2) is 4.39 Å². The fourth-order valence-corrected chi connectivity index (χ4v) is 2.11. The molecule has 0 aliphatic rings. The Morgan fingerprint density at radius 2 is 2.00 bits per heavy atom. The molecule has 0 saturated heterocycles. The van der Waals surface area contributed by atoms with E-state index in [0.717, 1.165) is 30.4 Å². The first-order chi connectivity index (χ1) is 9.99. The number of hydrogen-bond acceptors (Lipinski definition) is 2. The van der Waals surface area contributed by atoms with Gasteiger partial charge in [0.25, 0.3) is 0 Å². The Labute approximate surface area is 158 Å². The van der Waals surface area contributed by atoms with Crippen molar-refractivity contribution in [3.63, 3.8) is 0 Å². The zero-order chi connectivity index (χ0) is 15.8. The van der Waals surface area contributed by atoms with Crippen molar-refractivity contribution < 1.29 is 41.9 Å². The van der Waals surface area contributed by atoms with E-state index >= 15 is 0 Å². The summed E-state index contributed by atoms with van der Waals surface area (Å²) in [6.07, 6.45) is 5.10. The van der Waals surface area contributed by atoms with Crippen molar-refractivity contribution in [1.29, 1.82) is 0 Å². The number of halogens is 1. The summed E-state index contributed by atoms with van der Waals surface area (Å²) in [5.41, 5.74) is 2.11. The van der Waals surface area contributed by atoms with E-state index in [9.17, 15) is 9.18 Å². The second kappa shape index (κ2) is 11.0. The summed E-state index contributed by atoms with van der Waals surface area (Å²) in [4.78, 5) is 16.6. The van der Waals surface area contributed by atoms with Crippen LogP contribution in [0.4, 0.5) is 10.1 Å². The summed E-state index contributed by atoms with van der Waals surface area (Å²) in [5, 5.41) is 2.87. The van der Waals surface area contributed by atoms with E-state index in [0.29, 0.717) is 12.1 Å². The maximum absolute atomic E-state index is 13.3. The number of carbonyl (C=O) groups is 1. The summed E-state index contributed by atoms with van der Waals surface area (Å²) in [7, 11) is 0. The number of hydrogen-bond donors (Lipinski definition) is 1. The Morgan fingerprint density at radius 3 is 2.50 bits per heavy atom. The third kappa shape index (κ3) is 6.66. The molecule has 1 aromatic carbocycles. The molecule has 1 unspecified atom stereocenters. The van der Waals surface area contributed by atoms with Crippen molar-refractivity contribution in [1.82, 2.24) is 0 Å². The molecule has 0 bridgehead atoms. The van der Waals surface area contributed by atoms with Gasteiger partial charge in [-0.05, 0) is 56.2 Å². The first-order valence-corrected chi connectivity index (χ1v) is 7.38. The Kier molecular flexibility index (Phi) is 10.7. The minimum absolute atomic E-state index is 0.